The molecular formula is C20H19F25INO3. The lowest BCUT2D eigenvalue weighted by Crippen LogP contribution is -3.00. The molecule has 304 valence electrons. The van der Waals surface area contributed by atoms with Gasteiger partial charge in [-0.3, -0.25) is 0 Å². The van der Waals surface area contributed by atoms with Crippen LogP contribution in [0.1, 0.15) is 6.42 Å². The molecule has 50 heavy (non-hydrogen) atoms. The van der Waals surface area contributed by atoms with Crippen molar-refractivity contribution in [3.05, 3.63) is 0 Å². The van der Waals surface area contributed by atoms with E-state index in [1.165, 1.54) is 0 Å². The summed E-state index contributed by atoms with van der Waals surface area (Å²) in [6.45, 7) is -4.72. The molecule has 0 bridgehead atoms. The van der Waals surface area contributed by atoms with Crippen LogP contribution in [-0.2, 0) is 0 Å². The molecule has 0 aliphatic rings. The maximum absolute atomic E-state index is 14.2. The van der Waals surface area contributed by atoms with Crippen molar-refractivity contribution in [3.63, 3.8) is 0 Å². The van der Waals surface area contributed by atoms with E-state index in [1.54, 1.807) is 0 Å². The van der Waals surface area contributed by atoms with Crippen molar-refractivity contribution in [2.24, 2.45) is 0 Å². The summed E-state index contributed by atoms with van der Waals surface area (Å²) in [7, 11) is 0.816. The molecular weight excluding hydrogens is 904 g/mol. The van der Waals surface area contributed by atoms with Crippen LogP contribution in [0.3, 0.4) is 0 Å². The van der Waals surface area contributed by atoms with Gasteiger partial charge in [0.2, 0.25) is 0 Å². The number of aliphatic hydroxyl groups is 3. The summed E-state index contributed by atoms with van der Waals surface area (Å²) >= 11 is 0. The summed E-state index contributed by atoms with van der Waals surface area (Å²) in [5.74, 6) is -99.4. The van der Waals surface area contributed by atoms with Crippen LogP contribution in [0.2, 0.25) is 0 Å². The van der Waals surface area contributed by atoms with Crippen LogP contribution in [0.25, 0.3) is 0 Å². The molecule has 0 heterocycles. The van der Waals surface area contributed by atoms with Gasteiger partial charge < -0.3 is 43.8 Å². The second-order valence-corrected chi connectivity index (χ2v) is 10.5. The fourth-order valence-electron chi connectivity index (χ4n) is 3.76. The molecule has 0 radical (unpaired) electrons. The van der Waals surface area contributed by atoms with Crippen molar-refractivity contribution in [1.29, 1.82) is 0 Å². The van der Waals surface area contributed by atoms with Gasteiger partial charge in [-0.05, 0) is 0 Å². The summed E-state index contributed by atoms with van der Waals surface area (Å²) in [5, 5.41) is 27.4. The van der Waals surface area contributed by atoms with Crippen LogP contribution < -0.4 is 24.0 Å². The number of hydrogen-bond donors (Lipinski definition) is 3. The van der Waals surface area contributed by atoms with Crippen molar-refractivity contribution in [3.8, 4) is 0 Å². The maximum atomic E-state index is 14.2. The molecule has 0 fully saturated rings. The van der Waals surface area contributed by atoms with Gasteiger partial charge >= 0.3 is 71.3 Å². The Morgan fingerprint density at radius 1 is 0.420 bits per heavy atom. The van der Waals surface area contributed by atoms with Crippen LogP contribution >= 0.6 is 0 Å². The van der Waals surface area contributed by atoms with Crippen LogP contribution in [0.4, 0.5) is 110 Å². The number of halogens is 26. The van der Waals surface area contributed by atoms with Gasteiger partial charge in [0.25, 0.3) is 0 Å². The minimum atomic E-state index is -9.66. The Morgan fingerprint density at radius 2 is 0.640 bits per heavy atom. The number of rotatable bonds is 18. The Balaban J connectivity index is 0. The van der Waals surface area contributed by atoms with E-state index in [9.17, 15) is 115 Å². The fourth-order valence-corrected chi connectivity index (χ4v) is 3.76. The molecule has 0 spiro atoms. The van der Waals surface area contributed by atoms with Crippen molar-refractivity contribution in [1.82, 2.24) is 0 Å². The lowest BCUT2D eigenvalue weighted by atomic mass is 9.84. The van der Waals surface area contributed by atoms with E-state index >= 15 is 0 Å². The number of quaternary nitrogens is 1. The Labute approximate surface area is 277 Å². The molecule has 0 rings (SSSR count). The van der Waals surface area contributed by atoms with E-state index in [1.807, 2.05) is 0 Å². The van der Waals surface area contributed by atoms with E-state index in [0.717, 1.165) is 7.05 Å². The zero-order valence-corrected chi connectivity index (χ0v) is 25.6. The van der Waals surface area contributed by atoms with Crippen molar-refractivity contribution in [2.75, 3.05) is 39.9 Å². The van der Waals surface area contributed by atoms with Gasteiger partial charge in [-0.25, -0.2) is 0 Å². The molecule has 30 heteroatoms. The molecule has 4 nitrogen and oxygen atoms in total. The predicted octanol–water partition coefficient (Wildman–Crippen LogP) is 3.72. The van der Waals surface area contributed by atoms with Crippen molar-refractivity contribution in [2.45, 2.75) is 83.8 Å². The highest BCUT2D eigenvalue weighted by Gasteiger charge is 2.99. The highest BCUT2D eigenvalue weighted by Crippen LogP contribution is 2.67. The zero-order valence-electron chi connectivity index (χ0n) is 23.4. The van der Waals surface area contributed by atoms with Gasteiger partial charge in [-0.1, -0.05) is 0 Å². The van der Waals surface area contributed by atoms with Gasteiger partial charge in [-0.2, -0.15) is 110 Å². The molecule has 1 atom stereocenters. The first-order valence-electron chi connectivity index (χ1n) is 11.9. The predicted molar refractivity (Wildman–Crippen MR) is 106 cm³/mol. The quantitative estimate of drug-likeness (QED) is 0.112. The van der Waals surface area contributed by atoms with Crippen LogP contribution in [0.15, 0.2) is 0 Å². The summed E-state index contributed by atoms with van der Waals surface area (Å²) in [6.07, 6.45) is -14.7. The fraction of sp³-hybridized carbons (Fsp3) is 1.00. The van der Waals surface area contributed by atoms with Crippen molar-refractivity contribution >= 4 is 0 Å². The maximum Gasteiger partial charge on any atom is 0.460 e. The lowest BCUT2D eigenvalue weighted by Gasteiger charge is -2.45. The van der Waals surface area contributed by atoms with E-state index < -0.39 is 121 Å². The molecule has 0 aromatic rings. The molecule has 0 saturated heterocycles. The highest BCUT2D eigenvalue weighted by atomic mass is 127. The molecule has 0 aliphatic heterocycles. The second-order valence-electron chi connectivity index (χ2n) is 10.5. The topological polar surface area (TPSA) is 60.7 Å². The van der Waals surface area contributed by atoms with E-state index in [2.05, 4.69) is 0 Å². The molecule has 3 N–H and O–H groups in total. The second kappa shape index (κ2) is 14.2. The molecule has 0 aromatic carbocycles. The number of aliphatic hydroxyl groups excluding tert-OH is 3. The number of likely N-dealkylation sites (N-methyl/N-ethyl adjacent to an activating group) is 1. The third-order valence-electron chi connectivity index (χ3n) is 6.79. The first kappa shape index (κ1) is 50.9. The van der Waals surface area contributed by atoms with Gasteiger partial charge in [0.1, 0.15) is 25.7 Å². The summed E-state index contributed by atoms with van der Waals surface area (Å²) in [4.78, 5) is 0. The molecule has 0 amide bonds. The third-order valence-corrected chi connectivity index (χ3v) is 6.79. The Bertz CT molecular complexity index is 1130. The summed E-state index contributed by atoms with van der Waals surface area (Å²) in [6, 6.07) is 0. The molecule has 0 aliphatic carbocycles. The lowest BCUT2D eigenvalue weighted by molar-refractivity contribution is -0.913. The van der Waals surface area contributed by atoms with E-state index in [-0.39, 0.29) is 24.0 Å². The van der Waals surface area contributed by atoms with E-state index in [0.29, 0.717) is 0 Å². The summed E-state index contributed by atoms with van der Waals surface area (Å²) in [5.41, 5.74) is 0. The van der Waals surface area contributed by atoms with Gasteiger partial charge in [0.05, 0.1) is 20.3 Å². The van der Waals surface area contributed by atoms with Crippen LogP contribution in [0.5, 0.6) is 0 Å². The average molecular weight is 923 g/mol. The highest BCUT2D eigenvalue weighted by molar-refractivity contribution is 5.19. The normalized spacial score (nSPS) is 16.7. The zero-order chi connectivity index (χ0) is 40.3. The SMILES string of the molecule is C[N+](CCO)(CCO)CC(O)CC(F)(F)C(F)(F)C(F)(F)C(F)(F)C(F)(F)C(F)(F)C(F)(F)C(F)(F)C(F)(F)C(F)(F)C(F)(F)C(F)(F)F.[I-]. The largest absolute Gasteiger partial charge is 1.00 e. The smallest absolute Gasteiger partial charge is 0.460 e. The molecule has 1 unspecified atom stereocenters. The van der Waals surface area contributed by atoms with Crippen LogP contribution in [0, 0.1) is 0 Å². The van der Waals surface area contributed by atoms with Gasteiger partial charge in [0.15, 0.2) is 0 Å². The average Bonchev–Trinajstić information content (AvgIpc) is 2.86. The minimum absolute atomic E-state index is 0. The van der Waals surface area contributed by atoms with Gasteiger partial charge in [-0.15, -0.1) is 0 Å². The number of alkyl halides is 25. The first-order chi connectivity index (χ1) is 21.0. The monoisotopic (exact) mass is 923 g/mol. The number of nitrogens with zero attached hydrogens (tertiary/aromatic N) is 1. The Morgan fingerprint density at radius 3 is 0.860 bits per heavy atom. The standard InChI is InChI=1S/C20H19F25NO3.HI/c1-46(2-4-47,3-5-48)7-8(49)6-9(21,22)10(23,24)11(25,26)12(27,28)13(29,30)14(31,32)15(33,34)16(35,36)17(37,38)18(39,40)19(41,42)20(43,44)45;/h8,47-49H,2-7H2,1H3;1H/q+1;/p-1. The van der Waals surface area contributed by atoms with E-state index in [4.69, 9.17) is 10.2 Å². The first-order valence-corrected chi connectivity index (χ1v) is 11.9. The Kier molecular flexibility index (Phi) is 14.5. The Hall–Kier alpha value is -1.18. The molecule has 0 aromatic heterocycles. The number of hydrogen-bond acceptors (Lipinski definition) is 3. The third kappa shape index (κ3) is 7.33. The molecule has 0 saturated carbocycles. The van der Waals surface area contributed by atoms with Gasteiger partial charge in [0, 0.05) is 6.42 Å². The summed E-state index contributed by atoms with van der Waals surface area (Å²) < 4.78 is 337. The van der Waals surface area contributed by atoms with Crippen LogP contribution in [-0.4, -0.2) is 137 Å². The minimum Gasteiger partial charge on any atom is -1.00 e. The van der Waals surface area contributed by atoms with Crippen molar-refractivity contribution < 1.29 is 154 Å².